The first-order chi connectivity index (χ1) is 11.2. The van der Waals surface area contributed by atoms with Crippen molar-refractivity contribution < 1.29 is 4.39 Å². The molecule has 120 valence electrons. The van der Waals surface area contributed by atoms with E-state index in [1.165, 1.54) is 23.3 Å². The maximum Gasteiger partial charge on any atom is 0.123 e. The molecular weight excluding hydrogens is 289 g/mol. The molecule has 3 rings (SSSR count). The number of halogens is 1. The van der Waals surface area contributed by atoms with E-state index in [4.69, 9.17) is 0 Å². The predicted molar refractivity (Wildman–Crippen MR) is 92.0 cm³/mol. The van der Waals surface area contributed by atoms with Crippen molar-refractivity contribution in [3.63, 3.8) is 0 Å². The fourth-order valence-electron chi connectivity index (χ4n) is 2.66. The van der Waals surface area contributed by atoms with E-state index >= 15 is 0 Å². The van der Waals surface area contributed by atoms with Crippen LogP contribution in [0.4, 0.5) is 4.39 Å². The average molecular weight is 311 g/mol. The van der Waals surface area contributed by atoms with E-state index in [1.54, 1.807) is 18.3 Å². The van der Waals surface area contributed by atoms with Gasteiger partial charge in [0.2, 0.25) is 0 Å². The van der Waals surface area contributed by atoms with Crippen LogP contribution in [0.25, 0.3) is 0 Å². The second-order valence-corrected chi connectivity index (χ2v) is 6.01. The van der Waals surface area contributed by atoms with Crippen molar-refractivity contribution in [3.8, 4) is 0 Å². The van der Waals surface area contributed by atoms with E-state index in [0.29, 0.717) is 0 Å². The molecule has 0 saturated carbocycles. The molecule has 0 atom stereocenters. The van der Waals surface area contributed by atoms with Crippen LogP contribution in [0.3, 0.4) is 0 Å². The molecule has 0 aromatic heterocycles. The highest BCUT2D eigenvalue weighted by molar-refractivity contribution is 5.79. The van der Waals surface area contributed by atoms with Crippen LogP contribution >= 0.6 is 0 Å². The first kappa shape index (κ1) is 15.7. The molecule has 2 aromatic carbocycles. The van der Waals surface area contributed by atoms with Crippen LogP contribution in [-0.4, -0.2) is 42.3 Å². The van der Waals surface area contributed by atoms with Gasteiger partial charge >= 0.3 is 0 Å². The first-order valence-electron chi connectivity index (χ1n) is 8.01. The van der Waals surface area contributed by atoms with Crippen molar-refractivity contribution in [3.05, 3.63) is 71.0 Å². The predicted octanol–water partition coefficient (Wildman–Crippen LogP) is 3.29. The Hall–Kier alpha value is -2.20. The van der Waals surface area contributed by atoms with Crippen molar-refractivity contribution in [2.75, 3.05) is 26.2 Å². The molecule has 1 aliphatic rings. The van der Waals surface area contributed by atoms with Gasteiger partial charge in [-0.25, -0.2) is 4.39 Å². The van der Waals surface area contributed by atoms with E-state index in [2.05, 4.69) is 46.2 Å². The third-order valence-electron chi connectivity index (χ3n) is 4.12. The van der Waals surface area contributed by atoms with E-state index in [0.717, 1.165) is 38.3 Å². The largest absolute Gasteiger partial charge is 0.295 e. The summed E-state index contributed by atoms with van der Waals surface area (Å²) in [5, 5.41) is 6.57. The standard InChI is InChI=1S/C19H22FN3/c1-16-2-4-18(5-3-16)15-22-10-12-23(13-11-22)21-14-17-6-8-19(20)9-7-17/h2-9,14H,10-13,15H2,1H3. The lowest BCUT2D eigenvalue weighted by atomic mass is 10.1. The van der Waals surface area contributed by atoms with Crippen LogP contribution in [-0.2, 0) is 6.54 Å². The number of piperazine rings is 1. The summed E-state index contributed by atoms with van der Waals surface area (Å²) < 4.78 is 12.9. The minimum atomic E-state index is -0.216. The molecule has 0 unspecified atom stereocenters. The molecule has 23 heavy (non-hydrogen) atoms. The summed E-state index contributed by atoms with van der Waals surface area (Å²) in [6.45, 7) is 6.97. The second kappa shape index (κ2) is 7.38. The number of nitrogens with zero attached hydrogens (tertiary/aromatic N) is 3. The Morgan fingerprint density at radius 3 is 2.26 bits per heavy atom. The molecule has 0 N–H and O–H groups in total. The fourth-order valence-corrected chi connectivity index (χ4v) is 2.66. The smallest absolute Gasteiger partial charge is 0.123 e. The molecule has 0 spiro atoms. The molecular formula is C19H22FN3. The Morgan fingerprint density at radius 1 is 0.957 bits per heavy atom. The summed E-state index contributed by atoms with van der Waals surface area (Å²) in [7, 11) is 0. The van der Waals surface area contributed by atoms with Gasteiger partial charge in [0.1, 0.15) is 5.82 Å². The molecule has 0 aliphatic carbocycles. The van der Waals surface area contributed by atoms with Gasteiger partial charge in [-0.3, -0.25) is 9.91 Å². The summed E-state index contributed by atoms with van der Waals surface area (Å²) in [4.78, 5) is 2.45. The fraction of sp³-hybridized carbons (Fsp3) is 0.316. The quantitative estimate of drug-likeness (QED) is 0.807. The normalized spacial score (nSPS) is 16.2. The third kappa shape index (κ3) is 4.63. The molecule has 1 heterocycles. The number of aryl methyl sites for hydroxylation is 1. The van der Waals surface area contributed by atoms with Crippen molar-refractivity contribution in [1.29, 1.82) is 0 Å². The van der Waals surface area contributed by atoms with Crippen molar-refractivity contribution in [2.24, 2.45) is 5.10 Å². The highest BCUT2D eigenvalue weighted by Gasteiger charge is 2.15. The van der Waals surface area contributed by atoms with Crippen LogP contribution < -0.4 is 0 Å². The van der Waals surface area contributed by atoms with Gasteiger partial charge in [0.05, 0.1) is 6.21 Å². The molecule has 1 fully saturated rings. The monoisotopic (exact) mass is 311 g/mol. The zero-order valence-electron chi connectivity index (χ0n) is 13.5. The molecule has 0 amide bonds. The first-order valence-corrected chi connectivity index (χ1v) is 8.01. The Bertz CT molecular complexity index is 641. The minimum Gasteiger partial charge on any atom is -0.295 e. The van der Waals surface area contributed by atoms with E-state index < -0.39 is 0 Å². The highest BCUT2D eigenvalue weighted by Crippen LogP contribution is 2.10. The number of rotatable bonds is 4. The lowest BCUT2D eigenvalue weighted by molar-refractivity contribution is 0.131. The summed E-state index contributed by atoms with van der Waals surface area (Å²) in [5.74, 6) is -0.216. The molecule has 1 saturated heterocycles. The van der Waals surface area contributed by atoms with Gasteiger partial charge in [-0.05, 0) is 30.2 Å². The molecule has 1 aliphatic heterocycles. The lowest BCUT2D eigenvalue weighted by Crippen LogP contribution is -2.43. The Morgan fingerprint density at radius 2 is 1.61 bits per heavy atom. The van der Waals surface area contributed by atoms with Crippen molar-refractivity contribution in [1.82, 2.24) is 9.91 Å². The Labute approximate surface area is 137 Å². The maximum atomic E-state index is 12.9. The third-order valence-corrected chi connectivity index (χ3v) is 4.12. The minimum absolute atomic E-state index is 0.216. The van der Waals surface area contributed by atoms with Gasteiger partial charge in [-0.2, -0.15) is 5.10 Å². The number of hydrazone groups is 1. The average Bonchev–Trinajstić information content (AvgIpc) is 2.58. The summed E-state index contributed by atoms with van der Waals surface area (Å²) >= 11 is 0. The van der Waals surface area contributed by atoms with Gasteiger partial charge < -0.3 is 0 Å². The van der Waals surface area contributed by atoms with Gasteiger partial charge in [0, 0.05) is 32.7 Å². The molecule has 0 bridgehead atoms. The van der Waals surface area contributed by atoms with Gasteiger partial charge in [-0.15, -0.1) is 0 Å². The zero-order chi connectivity index (χ0) is 16.1. The van der Waals surface area contributed by atoms with Gasteiger partial charge in [-0.1, -0.05) is 42.0 Å². The van der Waals surface area contributed by atoms with Crippen LogP contribution in [0.5, 0.6) is 0 Å². The van der Waals surface area contributed by atoms with Crippen LogP contribution in [0, 0.1) is 12.7 Å². The van der Waals surface area contributed by atoms with Crippen LogP contribution in [0.2, 0.25) is 0 Å². The Balaban J connectivity index is 1.48. The summed E-state index contributed by atoms with van der Waals surface area (Å²) in [5.41, 5.74) is 3.58. The summed E-state index contributed by atoms with van der Waals surface area (Å²) in [6.07, 6.45) is 1.80. The second-order valence-electron chi connectivity index (χ2n) is 6.01. The Kier molecular flexibility index (Phi) is 5.03. The van der Waals surface area contributed by atoms with Crippen LogP contribution in [0.1, 0.15) is 16.7 Å². The highest BCUT2D eigenvalue weighted by atomic mass is 19.1. The number of benzene rings is 2. The zero-order valence-corrected chi connectivity index (χ0v) is 13.5. The topological polar surface area (TPSA) is 18.8 Å². The van der Waals surface area contributed by atoms with Crippen molar-refractivity contribution in [2.45, 2.75) is 13.5 Å². The SMILES string of the molecule is Cc1ccc(CN2CCN(N=Cc3ccc(F)cc3)CC2)cc1. The van der Waals surface area contributed by atoms with E-state index in [9.17, 15) is 4.39 Å². The number of hydrogen-bond acceptors (Lipinski definition) is 3. The van der Waals surface area contributed by atoms with Crippen LogP contribution in [0.15, 0.2) is 53.6 Å². The molecule has 3 nitrogen and oxygen atoms in total. The van der Waals surface area contributed by atoms with Gasteiger partial charge in [0.25, 0.3) is 0 Å². The molecule has 2 aromatic rings. The number of hydrogen-bond donors (Lipinski definition) is 0. The maximum absolute atomic E-state index is 12.9. The van der Waals surface area contributed by atoms with Gasteiger partial charge in [0.15, 0.2) is 0 Å². The van der Waals surface area contributed by atoms with E-state index in [-0.39, 0.29) is 5.82 Å². The molecule has 4 heteroatoms. The van der Waals surface area contributed by atoms with Crippen molar-refractivity contribution >= 4 is 6.21 Å². The molecule has 0 radical (unpaired) electrons. The van der Waals surface area contributed by atoms with E-state index in [1.807, 2.05) is 0 Å². The lowest BCUT2D eigenvalue weighted by Gasteiger charge is -2.33. The summed E-state index contributed by atoms with van der Waals surface area (Å²) in [6, 6.07) is 15.1.